The maximum atomic E-state index is 9.70. The average molecular weight is 277 g/mol. The van der Waals surface area contributed by atoms with Crippen LogP contribution in [0.25, 0.3) is 0 Å². The van der Waals surface area contributed by atoms with Crippen molar-refractivity contribution in [2.75, 3.05) is 0 Å². The first-order valence-electron chi connectivity index (χ1n) is 7.85. The third-order valence-electron chi connectivity index (χ3n) is 3.58. The second-order valence-corrected chi connectivity index (χ2v) is 6.62. The molecule has 1 N–H and O–H groups in total. The zero-order valence-corrected chi connectivity index (χ0v) is 13.4. The number of aliphatic hydroxyl groups is 1. The van der Waals surface area contributed by atoms with Gasteiger partial charge in [0, 0.05) is 0 Å². The molecule has 0 saturated heterocycles. The van der Waals surface area contributed by atoms with Crippen LogP contribution in [-0.4, -0.2) is 16.1 Å². The van der Waals surface area contributed by atoms with Gasteiger partial charge < -0.3 is 5.11 Å². The van der Waals surface area contributed by atoms with Gasteiger partial charge in [-0.2, -0.15) is 0 Å². The molecule has 0 radical (unpaired) electrons. The smallest absolute Gasteiger partial charge is 0.0754 e. The minimum atomic E-state index is -0.735. The first-order valence-corrected chi connectivity index (χ1v) is 8.28. The lowest BCUT2D eigenvalue weighted by molar-refractivity contribution is 0.0722. The first-order chi connectivity index (χ1) is 8.48. The fraction of sp³-hybridized carbons (Fsp3) is 1.00. The van der Waals surface area contributed by atoms with Gasteiger partial charge in [0.05, 0.1) is 11.0 Å². The number of alkyl halides is 1. The summed E-state index contributed by atoms with van der Waals surface area (Å²) in [7, 11) is 0. The van der Waals surface area contributed by atoms with E-state index in [1.807, 2.05) is 0 Å². The van der Waals surface area contributed by atoms with Gasteiger partial charge >= 0.3 is 0 Å². The molecule has 0 spiro atoms. The third kappa shape index (κ3) is 11.3. The van der Waals surface area contributed by atoms with Crippen molar-refractivity contribution in [1.29, 1.82) is 0 Å². The summed E-state index contributed by atoms with van der Waals surface area (Å²) < 4.78 is 0. The SMILES string of the molecule is CCCCCCCCCCCCC(Cl)C(C)(C)O. The van der Waals surface area contributed by atoms with E-state index >= 15 is 0 Å². The Hall–Kier alpha value is 0.250. The Bertz CT molecular complexity index is 174. The monoisotopic (exact) mass is 276 g/mol. The van der Waals surface area contributed by atoms with Crippen molar-refractivity contribution >= 4 is 11.6 Å². The molecule has 0 heterocycles. The van der Waals surface area contributed by atoms with Gasteiger partial charge in [0.25, 0.3) is 0 Å². The summed E-state index contributed by atoms with van der Waals surface area (Å²) in [6.45, 7) is 5.85. The molecule has 1 atom stereocenters. The van der Waals surface area contributed by atoms with Crippen LogP contribution in [0.3, 0.4) is 0 Å². The molecule has 0 aromatic carbocycles. The van der Waals surface area contributed by atoms with Crippen molar-refractivity contribution in [1.82, 2.24) is 0 Å². The summed E-state index contributed by atoms with van der Waals surface area (Å²) in [5, 5.41) is 9.59. The normalized spacial score (nSPS) is 13.8. The topological polar surface area (TPSA) is 20.2 Å². The molecule has 0 amide bonds. The number of hydrogen-bond acceptors (Lipinski definition) is 1. The Labute approximate surface area is 119 Å². The van der Waals surface area contributed by atoms with Crippen molar-refractivity contribution in [3.63, 3.8) is 0 Å². The highest BCUT2D eigenvalue weighted by Crippen LogP contribution is 2.21. The minimum absolute atomic E-state index is 0.105. The average Bonchev–Trinajstić information content (AvgIpc) is 2.30. The van der Waals surface area contributed by atoms with Crippen molar-refractivity contribution in [2.24, 2.45) is 0 Å². The fourth-order valence-corrected chi connectivity index (χ4v) is 2.32. The molecular formula is C16H33ClO. The molecule has 0 aliphatic rings. The summed E-state index contributed by atoms with van der Waals surface area (Å²) in [4.78, 5) is 0. The molecule has 110 valence electrons. The van der Waals surface area contributed by atoms with Crippen LogP contribution in [0.15, 0.2) is 0 Å². The van der Waals surface area contributed by atoms with Crippen molar-refractivity contribution in [3.8, 4) is 0 Å². The van der Waals surface area contributed by atoms with E-state index in [9.17, 15) is 5.11 Å². The van der Waals surface area contributed by atoms with E-state index in [0.29, 0.717) is 0 Å². The molecule has 0 aromatic heterocycles. The maximum absolute atomic E-state index is 9.70. The predicted molar refractivity (Wildman–Crippen MR) is 82.4 cm³/mol. The Kier molecular flexibility index (Phi) is 11.3. The lowest BCUT2D eigenvalue weighted by Gasteiger charge is -2.23. The zero-order valence-electron chi connectivity index (χ0n) is 12.7. The van der Waals surface area contributed by atoms with E-state index < -0.39 is 5.60 Å². The Morgan fingerprint density at radius 1 is 0.833 bits per heavy atom. The molecule has 0 aliphatic heterocycles. The fourth-order valence-electron chi connectivity index (χ4n) is 2.16. The predicted octanol–water partition coefficient (Wildman–Crippen LogP) is 5.68. The lowest BCUT2D eigenvalue weighted by Crippen LogP contribution is -2.31. The van der Waals surface area contributed by atoms with Gasteiger partial charge in [-0.25, -0.2) is 0 Å². The van der Waals surface area contributed by atoms with Crippen LogP contribution >= 0.6 is 11.6 Å². The van der Waals surface area contributed by atoms with Crippen molar-refractivity contribution < 1.29 is 5.11 Å². The summed E-state index contributed by atoms with van der Waals surface area (Å²) in [6, 6.07) is 0. The summed E-state index contributed by atoms with van der Waals surface area (Å²) in [6.07, 6.45) is 14.4. The van der Waals surface area contributed by atoms with E-state index in [0.717, 1.165) is 12.8 Å². The van der Waals surface area contributed by atoms with Gasteiger partial charge in [-0.3, -0.25) is 0 Å². The first kappa shape index (κ1) is 18.2. The van der Waals surface area contributed by atoms with Gasteiger partial charge in [0.2, 0.25) is 0 Å². The molecule has 0 aromatic rings. The number of hydrogen-bond donors (Lipinski definition) is 1. The van der Waals surface area contributed by atoms with Crippen LogP contribution < -0.4 is 0 Å². The minimum Gasteiger partial charge on any atom is -0.389 e. The molecule has 0 bridgehead atoms. The van der Waals surface area contributed by atoms with Gasteiger partial charge in [0.15, 0.2) is 0 Å². The van der Waals surface area contributed by atoms with Crippen LogP contribution in [0.2, 0.25) is 0 Å². The highest BCUT2D eigenvalue weighted by Gasteiger charge is 2.23. The molecule has 2 heteroatoms. The zero-order chi connectivity index (χ0) is 13.9. The third-order valence-corrected chi connectivity index (χ3v) is 4.33. The van der Waals surface area contributed by atoms with Gasteiger partial charge in [-0.1, -0.05) is 71.1 Å². The van der Waals surface area contributed by atoms with Crippen molar-refractivity contribution in [2.45, 2.75) is 102 Å². The second-order valence-electron chi connectivity index (χ2n) is 6.09. The molecule has 1 nitrogen and oxygen atoms in total. The molecule has 0 aliphatic carbocycles. The van der Waals surface area contributed by atoms with Gasteiger partial charge in [-0.05, 0) is 20.3 Å². The molecular weight excluding hydrogens is 244 g/mol. The van der Waals surface area contributed by atoms with E-state index in [-0.39, 0.29) is 5.38 Å². The highest BCUT2D eigenvalue weighted by atomic mass is 35.5. The molecule has 0 rings (SSSR count). The summed E-state index contributed by atoms with van der Waals surface area (Å²) in [5.41, 5.74) is -0.735. The number of rotatable bonds is 12. The highest BCUT2D eigenvalue weighted by molar-refractivity contribution is 6.21. The van der Waals surface area contributed by atoms with Crippen LogP contribution in [0.4, 0.5) is 0 Å². The largest absolute Gasteiger partial charge is 0.389 e. The Balaban J connectivity index is 3.17. The number of halogens is 1. The molecule has 1 unspecified atom stereocenters. The van der Waals surface area contributed by atoms with Gasteiger partial charge in [-0.15, -0.1) is 11.6 Å². The van der Waals surface area contributed by atoms with Crippen LogP contribution in [0, 0.1) is 0 Å². The maximum Gasteiger partial charge on any atom is 0.0754 e. The van der Waals surface area contributed by atoms with Crippen LogP contribution in [-0.2, 0) is 0 Å². The molecule has 18 heavy (non-hydrogen) atoms. The van der Waals surface area contributed by atoms with Gasteiger partial charge in [0.1, 0.15) is 0 Å². The Morgan fingerprint density at radius 2 is 1.22 bits per heavy atom. The number of unbranched alkanes of at least 4 members (excludes halogenated alkanes) is 9. The van der Waals surface area contributed by atoms with E-state index in [1.165, 1.54) is 57.8 Å². The Morgan fingerprint density at radius 3 is 1.61 bits per heavy atom. The lowest BCUT2D eigenvalue weighted by atomic mass is 9.99. The summed E-state index contributed by atoms with van der Waals surface area (Å²) in [5.74, 6) is 0. The second kappa shape index (κ2) is 11.1. The van der Waals surface area contributed by atoms with E-state index in [2.05, 4.69) is 6.92 Å². The quantitative estimate of drug-likeness (QED) is 0.359. The van der Waals surface area contributed by atoms with Crippen LogP contribution in [0.5, 0.6) is 0 Å². The van der Waals surface area contributed by atoms with E-state index in [1.54, 1.807) is 13.8 Å². The van der Waals surface area contributed by atoms with E-state index in [4.69, 9.17) is 11.6 Å². The molecule has 0 fully saturated rings. The standard InChI is InChI=1S/C16H33ClO/c1-4-5-6-7-8-9-10-11-12-13-14-15(17)16(2,3)18/h15,18H,4-14H2,1-3H3. The summed E-state index contributed by atoms with van der Waals surface area (Å²) >= 11 is 6.12. The molecule has 0 saturated carbocycles. The van der Waals surface area contributed by atoms with Crippen molar-refractivity contribution in [3.05, 3.63) is 0 Å². The van der Waals surface area contributed by atoms with Crippen LogP contribution in [0.1, 0.15) is 91.4 Å².